The molecule has 0 spiro atoms. The van der Waals surface area contributed by atoms with Gasteiger partial charge in [0.2, 0.25) is 0 Å². The summed E-state index contributed by atoms with van der Waals surface area (Å²) in [7, 11) is 0. The Hall–Kier alpha value is -0.510. The highest BCUT2D eigenvalue weighted by atomic mass is 35.5. The topological polar surface area (TPSA) is 24.1 Å². The van der Waals surface area contributed by atoms with E-state index in [9.17, 15) is 4.39 Å². The van der Waals surface area contributed by atoms with Gasteiger partial charge in [-0.3, -0.25) is 0 Å². The molecule has 1 atom stereocenters. The van der Waals surface area contributed by atoms with Crippen LogP contribution in [0.5, 0.6) is 0 Å². The van der Waals surface area contributed by atoms with E-state index in [1.54, 1.807) is 12.1 Å². The first-order chi connectivity index (χ1) is 7.16. The molecule has 2 nitrogen and oxygen atoms in total. The van der Waals surface area contributed by atoms with Crippen molar-refractivity contribution in [2.24, 2.45) is 0 Å². The average Bonchev–Trinajstić information content (AvgIpc) is 2.66. The van der Waals surface area contributed by atoms with Crippen LogP contribution in [0.3, 0.4) is 0 Å². The Balaban J connectivity index is 2.14. The molecule has 1 unspecified atom stereocenters. The molecule has 0 aliphatic carbocycles. The first-order valence-corrected chi connectivity index (χ1v) is 5.54. The first-order valence-electron chi connectivity index (χ1n) is 4.78. The van der Waals surface area contributed by atoms with Crippen LogP contribution in [0.15, 0.2) is 12.1 Å². The molecule has 5 heteroatoms. The van der Waals surface area contributed by atoms with Crippen LogP contribution in [0.1, 0.15) is 6.42 Å². The summed E-state index contributed by atoms with van der Waals surface area (Å²) in [6, 6.07) is 3.48. The molecule has 1 aliphatic rings. The van der Waals surface area contributed by atoms with Gasteiger partial charge in [0, 0.05) is 18.3 Å². The van der Waals surface area contributed by atoms with Crippen molar-refractivity contribution in [3.63, 3.8) is 0 Å². The zero-order chi connectivity index (χ0) is 10.8. The number of halogens is 3. The lowest BCUT2D eigenvalue weighted by molar-refractivity contribution is 0.628. The summed E-state index contributed by atoms with van der Waals surface area (Å²) in [6.45, 7) is 1.91. The van der Waals surface area contributed by atoms with Crippen LogP contribution in [0.4, 0.5) is 10.1 Å². The number of hydrogen-bond acceptors (Lipinski definition) is 2. The molecule has 1 aromatic carbocycles. The normalized spacial score (nSPS) is 20.6. The van der Waals surface area contributed by atoms with Crippen molar-refractivity contribution in [1.29, 1.82) is 0 Å². The summed E-state index contributed by atoms with van der Waals surface area (Å²) in [5.74, 6) is -0.562. The molecule has 0 saturated carbocycles. The molecule has 0 amide bonds. The number of benzene rings is 1. The molecular formula is C10H11Cl2FN2. The van der Waals surface area contributed by atoms with Gasteiger partial charge in [-0.05, 0) is 25.1 Å². The van der Waals surface area contributed by atoms with Gasteiger partial charge in [-0.15, -0.1) is 0 Å². The Morgan fingerprint density at radius 3 is 2.53 bits per heavy atom. The molecule has 1 fully saturated rings. The minimum absolute atomic E-state index is 0.0518. The van der Waals surface area contributed by atoms with Gasteiger partial charge in [-0.2, -0.15) is 0 Å². The quantitative estimate of drug-likeness (QED) is 0.787. The third-order valence-electron chi connectivity index (χ3n) is 2.41. The van der Waals surface area contributed by atoms with Gasteiger partial charge >= 0.3 is 0 Å². The van der Waals surface area contributed by atoms with E-state index in [1.165, 1.54) is 0 Å². The Labute approximate surface area is 97.8 Å². The molecule has 82 valence electrons. The molecule has 1 aromatic rings. The smallest absolute Gasteiger partial charge is 0.160 e. The fourth-order valence-electron chi connectivity index (χ4n) is 1.65. The van der Waals surface area contributed by atoms with Crippen LogP contribution in [-0.2, 0) is 0 Å². The Bertz CT molecular complexity index is 341. The standard InChI is InChI=1S/C10H11Cl2FN2/c11-8-3-7(4-9(12)10(8)13)15-6-1-2-14-5-6/h3-4,6,14-15H,1-2,5H2. The SMILES string of the molecule is Fc1c(Cl)cc(NC2CCNC2)cc1Cl. The van der Waals surface area contributed by atoms with E-state index in [0.717, 1.165) is 25.2 Å². The summed E-state index contributed by atoms with van der Waals surface area (Å²) in [4.78, 5) is 0. The summed E-state index contributed by atoms with van der Waals surface area (Å²) in [5.41, 5.74) is 0.764. The number of nitrogens with one attached hydrogen (secondary N) is 2. The van der Waals surface area contributed by atoms with Crippen LogP contribution < -0.4 is 10.6 Å². The summed E-state index contributed by atoms with van der Waals surface area (Å²) in [6.07, 6.45) is 1.05. The van der Waals surface area contributed by atoms with E-state index in [1.807, 2.05) is 0 Å². The average molecular weight is 249 g/mol. The summed E-state index contributed by atoms with van der Waals surface area (Å²) in [5, 5.41) is 6.59. The van der Waals surface area contributed by atoms with Crippen molar-refractivity contribution in [3.05, 3.63) is 28.0 Å². The van der Waals surface area contributed by atoms with Gasteiger partial charge in [0.15, 0.2) is 5.82 Å². The van der Waals surface area contributed by atoms with Crippen LogP contribution >= 0.6 is 23.2 Å². The molecule has 15 heavy (non-hydrogen) atoms. The largest absolute Gasteiger partial charge is 0.381 e. The van der Waals surface area contributed by atoms with Gasteiger partial charge in [0.25, 0.3) is 0 Å². The highest BCUT2D eigenvalue weighted by Gasteiger charge is 2.15. The van der Waals surface area contributed by atoms with Crippen molar-refractivity contribution in [2.45, 2.75) is 12.5 Å². The Morgan fingerprint density at radius 1 is 1.33 bits per heavy atom. The zero-order valence-corrected chi connectivity index (χ0v) is 9.50. The maximum Gasteiger partial charge on any atom is 0.160 e. The molecule has 2 N–H and O–H groups in total. The second kappa shape index (κ2) is 4.56. The van der Waals surface area contributed by atoms with Crippen molar-refractivity contribution in [1.82, 2.24) is 5.32 Å². The lowest BCUT2D eigenvalue weighted by Crippen LogP contribution is -2.22. The molecule has 2 rings (SSSR count). The van der Waals surface area contributed by atoms with Crippen LogP contribution in [0.2, 0.25) is 10.0 Å². The van der Waals surface area contributed by atoms with Gasteiger partial charge in [0.05, 0.1) is 10.0 Å². The van der Waals surface area contributed by atoms with Crippen molar-refractivity contribution < 1.29 is 4.39 Å². The monoisotopic (exact) mass is 248 g/mol. The number of anilines is 1. The Morgan fingerprint density at radius 2 is 2.00 bits per heavy atom. The number of hydrogen-bond donors (Lipinski definition) is 2. The summed E-state index contributed by atoms with van der Waals surface area (Å²) < 4.78 is 13.1. The highest BCUT2D eigenvalue weighted by molar-refractivity contribution is 6.35. The van der Waals surface area contributed by atoms with Crippen molar-refractivity contribution >= 4 is 28.9 Å². The van der Waals surface area contributed by atoms with Gasteiger partial charge in [-0.25, -0.2) is 4.39 Å². The van der Waals surface area contributed by atoms with Gasteiger partial charge in [-0.1, -0.05) is 23.2 Å². The lowest BCUT2D eigenvalue weighted by Gasteiger charge is -2.13. The molecule has 1 saturated heterocycles. The maximum atomic E-state index is 13.1. The minimum Gasteiger partial charge on any atom is -0.381 e. The molecule has 1 aliphatic heterocycles. The van der Waals surface area contributed by atoms with Crippen molar-refractivity contribution in [2.75, 3.05) is 18.4 Å². The molecule has 0 bridgehead atoms. The van der Waals surface area contributed by atoms with Crippen LogP contribution in [0.25, 0.3) is 0 Å². The van der Waals surface area contributed by atoms with Gasteiger partial charge in [0.1, 0.15) is 0 Å². The molecular weight excluding hydrogens is 238 g/mol. The predicted octanol–water partition coefficient (Wildman–Crippen LogP) is 2.91. The minimum atomic E-state index is -0.562. The van der Waals surface area contributed by atoms with E-state index in [2.05, 4.69) is 10.6 Å². The lowest BCUT2D eigenvalue weighted by atomic mass is 10.2. The van der Waals surface area contributed by atoms with Crippen molar-refractivity contribution in [3.8, 4) is 0 Å². The second-order valence-electron chi connectivity index (χ2n) is 3.59. The fourth-order valence-corrected chi connectivity index (χ4v) is 2.14. The first kappa shape index (κ1) is 11.0. The third kappa shape index (κ3) is 2.54. The van der Waals surface area contributed by atoms with E-state index in [4.69, 9.17) is 23.2 Å². The predicted molar refractivity (Wildman–Crippen MR) is 61.3 cm³/mol. The second-order valence-corrected chi connectivity index (χ2v) is 4.40. The highest BCUT2D eigenvalue weighted by Crippen LogP contribution is 2.27. The fraction of sp³-hybridized carbons (Fsp3) is 0.400. The van der Waals surface area contributed by atoms with Gasteiger partial charge < -0.3 is 10.6 Å². The molecule has 1 heterocycles. The van der Waals surface area contributed by atoms with E-state index in [-0.39, 0.29) is 10.0 Å². The summed E-state index contributed by atoms with van der Waals surface area (Å²) >= 11 is 11.4. The van der Waals surface area contributed by atoms with Crippen LogP contribution in [-0.4, -0.2) is 19.1 Å². The zero-order valence-electron chi connectivity index (χ0n) is 7.99. The Kier molecular flexibility index (Phi) is 3.34. The number of rotatable bonds is 2. The molecule has 0 radical (unpaired) electrons. The van der Waals surface area contributed by atoms with Crippen LogP contribution in [0, 0.1) is 5.82 Å². The van der Waals surface area contributed by atoms with E-state index < -0.39 is 5.82 Å². The van der Waals surface area contributed by atoms with E-state index >= 15 is 0 Å². The maximum absolute atomic E-state index is 13.1. The molecule has 0 aromatic heterocycles. The third-order valence-corrected chi connectivity index (χ3v) is 2.96. The van der Waals surface area contributed by atoms with E-state index in [0.29, 0.717) is 6.04 Å².